The first-order chi connectivity index (χ1) is 4.86. The van der Waals surface area contributed by atoms with Gasteiger partial charge in [-0.2, -0.15) is 21.6 Å². The molecule has 0 aliphatic carbocycles. The summed E-state index contributed by atoms with van der Waals surface area (Å²) in [6.45, 7) is 0. The summed E-state index contributed by atoms with van der Waals surface area (Å²) >= 11 is 1.57. The van der Waals surface area contributed by atoms with E-state index in [1.807, 2.05) is 0 Å². The fraction of sp³-hybridized carbons (Fsp3) is 1.00. The van der Waals surface area contributed by atoms with Crippen molar-refractivity contribution in [2.75, 3.05) is 11.5 Å². The summed E-state index contributed by atoms with van der Waals surface area (Å²) in [7, 11) is 0. The van der Waals surface area contributed by atoms with Gasteiger partial charge >= 0.3 is 0 Å². The van der Waals surface area contributed by atoms with E-state index < -0.39 is 0 Å². The zero-order valence-electron chi connectivity index (χ0n) is 5.40. The molecular weight excluding hydrogens is 152 g/mol. The Morgan fingerprint density at radius 2 is 1.60 bits per heavy atom. The van der Waals surface area contributed by atoms with Gasteiger partial charge in [0.2, 0.25) is 0 Å². The van der Waals surface area contributed by atoms with Crippen LogP contribution >= 0.6 is 11.8 Å². The van der Waals surface area contributed by atoms with Gasteiger partial charge in [0.25, 0.3) is 0 Å². The molecule has 10 heavy (non-hydrogen) atoms. The first-order valence-electron chi connectivity index (χ1n) is 3.09. The summed E-state index contributed by atoms with van der Waals surface area (Å²) in [6, 6.07) is -0.386. The summed E-state index contributed by atoms with van der Waals surface area (Å²) in [5.41, 5.74) is 0. The quantitative estimate of drug-likeness (QED) is 0.573. The van der Waals surface area contributed by atoms with Crippen molar-refractivity contribution < 1.29 is 0 Å². The molecule has 0 saturated carbocycles. The van der Waals surface area contributed by atoms with E-state index in [9.17, 15) is 9.81 Å². The lowest BCUT2D eigenvalue weighted by Gasteiger charge is -2.18. The normalized spacial score (nSPS) is 33.2. The van der Waals surface area contributed by atoms with Crippen LogP contribution in [0.1, 0.15) is 6.42 Å². The Balaban J connectivity index is 2.38. The molecule has 0 aromatic rings. The Hall–Kier alpha value is -0.450. The number of nitroso groups, excluding NO2 is 2. The maximum atomic E-state index is 10.0. The fourth-order valence-electron chi connectivity index (χ4n) is 0.937. The van der Waals surface area contributed by atoms with Crippen LogP contribution in [0.3, 0.4) is 0 Å². The molecule has 4 nitrogen and oxygen atoms in total. The van der Waals surface area contributed by atoms with Gasteiger partial charge < -0.3 is 0 Å². The molecule has 0 bridgehead atoms. The summed E-state index contributed by atoms with van der Waals surface area (Å²) in [5.74, 6) is 1.49. The van der Waals surface area contributed by atoms with Crippen molar-refractivity contribution in [3.8, 4) is 0 Å². The minimum Gasteiger partial charge on any atom is -0.157 e. The Labute approximate surface area is 62.7 Å². The molecule has 1 aliphatic rings. The number of nitrogens with zero attached hydrogens (tertiary/aromatic N) is 2. The summed E-state index contributed by atoms with van der Waals surface area (Å²) in [5, 5.41) is 5.75. The highest BCUT2D eigenvalue weighted by Crippen LogP contribution is 2.21. The second-order valence-corrected chi connectivity index (χ2v) is 3.37. The molecule has 0 amide bonds. The highest BCUT2D eigenvalue weighted by Gasteiger charge is 2.23. The second kappa shape index (κ2) is 3.65. The smallest absolute Gasteiger partial charge is 0.103 e. The van der Waals surface area contributed by atoms with E-state index in [4.69, 9.17) is 0 Å². The Morgan fingerprint density at radius 1 is 1.10 bits per heavy atom. The second-order valence-electron chi connectivity index (χ2n) is 2.29. The van der Waals surface area contributed by atoms with Crippen molar-refractivity contribution in [1.82, 2.24) is 0 Å². The van der Waals surface area contributed by atoms with Gasteiger partial charge in [-0.25, -0.2) is 0 Å². The lowest BCUT2D eigenvalue weighted by Crippen LogP contribution is -2.24. The first kappa shape index (κ1) is 7.65. The van der Waals surface area contributed by atoms with Crippen LogP contribution in [0.15, 0.2) is 10.4 Å². The predicted molar refractivity (Wildman–Crippen MR) is 41.1 cm³/mol. The standard InChI is InChI=1S/C5H8N2O2S/c8-6-4-1-5(7-9)3-10-2-4/h4-5H,1-3H2. The maximum absolute atomic E-state index is 10.0. The van der Waals surface area contributed by atoms with Gasteiger partial charge in [0.1, 0.15) is 12.1 Å². The lowest BCUT2D eigenvalue weighted by atomic mass is 10.1. The lowest BCUT2D eigenvalue weighted by molar-refractivity contribution is 0.573. The molecule has 0 aromatic heterocycles. The zero-order chi connectivity index (χ0) is 7.40. The molecule has 0 N–H and O–H groups in total. The zero-order valence-corrected chi connectivity index (χ0v) is 6.21. The number of hydrogen-bond acceptors (Lipinski definition) is 5. The molecule has 0 radical (unpaired) electrons. The largest absolute Gasteiger partial charge is 0.157 e. The van der Waals surface area contributed by atoms with Crippen molar-refractivity contribution in [3.05, 3.63) is 9.81 Å². The Kier molecular flexibility index (Phi) is 2.80. The van der Waals surface area contributed by atoms with Crippen LogP contribution in [-0.4, -0.2) is 23.6 Å². The predicted octanol–water partition coefficient (Wildman–Crippen LogP) is 1.39. The van der Waals surface area contributed by atoms with E-state index in [0.29, 0.717) is 6.42 Å². The summed E-state index contributed by atoms with van der Waals surface area (Å²) < 4.78 is 0. The van der Waals surface area contributed by atoms with Crippen LogP contribution in [0.5, 0.6) is 0 Å². The topological polar surface area (TPSA) is 58.9 Å². The Bertz CT molecular complexity index is 128. The van der Waals surface area contributed by atoms with Crippen molar-refractivity contribution in [1.29, 1.82) is 0 Å². The van der Waals surface area contributed by atoms with Crippen LogP contribution in [0.25, 0.3) is 0 Å². The molecule has 0 spiro atoms. The average molecular weight is 160 g/mol. The highest BCUT2D eigenvalue weighted by atomic mass is 32.2. The molecule has 0 aromatic carbocycles. The van der Waals surface area contributed by atoms with Crippen LogP contribution < -0.4 is 0 Å². The SMILES string of the molecule is O=NC1CSCC(N=O)C1. The van der Waals surface area contributed by atoms with E-state index in [-0.39, 0.29) is 12.1 Å². The highest BCUT2D eigenvalue weighted by molar-refractivity contribution is 7.99. The minimum absolute atomic E-state index is 0.193. The third kappa shape index (κ3) is 1.76. The minimum atomic E-state index is -0.193. The van der Waals surface area contributed by atoms with Crippen LogP contribution in [0.2, 0.25) is 0 Å². The first-order valence-corrected chi connectivity index (χ1v) is 4.25. The molecule has 1 aliphatic heterocycles. The number of rotatable bonds is 2. The van der Waals surface area contributed by atoms with Gasteiger partial charge in [0.15, 0.2) is 0 Å². The molecular formula is C5H8N2O2S. The van der Waals surface area contributed by atoms with Gasteiger partial charge in [0, 0.05) is 17.9 Å². The molecule has 1 fully saturated rings. The van der Waals surface area contributed by atoms with Crippen molar-refractivity contribution in [2.45, 2.75) is 18.5 Å². The van der Waals surface area contributed by atoms with E-state index >= 15 is 0 Å². The number of thioether (sulfide) groups is 1. The van der Waals surface area contributed by atoms with Crippen molar-refractivity contribution in [3.63, 3.8) is 0 Å². The third-order valence-electron chi connectivity index (χ3n) is 1.46. The average Bonchev–Trinajstić information content (AvgIpc) is 2.05. The van der Waals surface area contributed by atoms with Crippen molar-refractivity contribution in [2.24, 2.45) is 10.4 Å². The molecule has 56 valence electrons. The maximum Gasteiger partial charge on any atom is 0.103 e. The van der Waals surface area contributed by atoms with Crippen molar-refractivity contribution >= 4 is 11.8 Å². The third-order valence-corrected chi connectivity index (χ3v) is 2.70. The summed E-state index contributed by atoms with van der Waals surface area (Å²) in [6.07, 6.45) is 0.542. The monoisotopic (exact) mass is 160 g/mol. The van der Waals surface area contributed by atoms with E-state index in [0.717, 1.165) is 11.5 Å². The molecule has 1 saturated heterocycles. The van der Waals surface area contributed by atoms with Gasteiger partial charge in [-0.05, 0) is 0 Å². The molecule has 2 atom stereocenters. The van der Waals surface area contributed by atoms with Crippen LogP contribution in [0, 0.1) is 9.81 Å². The van der Waals surface area contributed by atoms with Gasteiger partial charge in [-0.15, -0.1) is 0 Å². The van der Waals surface area contributed by atoms with Gasteiger partial charge in [-0.1, -0.05) is 10.4 Å². The number of hydrogen-bond donors (Lipinski definition) is 0. The molecule has 1 heterocycles. The van der Waals surface area contributed by atoms with Gasteiger partial charge in [0.05, 0.1) is 0 Å². The molecule has 5 heteroatoms. The van der Waals surface area contributed by atoms with Crippen LogP contribution in [0.4, 0.5) is 0 Å². The van der Waals surface area contributed by atoms with Gasteiger partial charge in [-0.3, -0.25) is 0 Å². The fourth-order valence-corrected chi connectivity index (χ4v) is 2.01. The Morgan fingerprint density at radius 3 is 2.00 bits per heavy atom. The van der Waals surface area contributed by atoms with E-state index in [1.165, 1.54) is 0 Å². The summed E-state index contributed by atoms with van der Waals surface area (Å²) in [4.78, 5) is 20.0. The molecule has 1 rings (SSSR count). The molecule has 2 unspecified atom stereocenters. The van der Waals surface area contributed by atoms with Crippen LogP contribution in [-0.2, 0) is 0 Å². The van der Waals surface area contributed by atoms with E-state index in [1.54, 1.807) is 11.8 Å². The van der Waals surface area contributed by atoms with E-state index in [2.05, 4.69) is 10.4 Å².